The highest BCUT2D eigenvalue weighted by molar-refractivity contribution is 5.88. The van der Waals surface area contributed by atoms with Crippen LogP contribution in [0.1, 0.15) is 22.7 Å². The van der Waals surface area contributed by atoms with Crippen LogP contribution in [0.3, 0.4) is 0 Å². The molecule has 1 saturated heterocycles. The summed E-state index contributed by atoms with van der Waals surface area (Å²) in [6.45, 7) is 7.85. The van der Waals surface area contributed by atoms with Crippen LogP contribution >= 0.6 is 0 Å². The Kier molecular flexibility index (Phi) is 4.02. The number of aryl methyl sites for hydroxylation is 2. The predicted molar refractivity (Wildman–Crippen MR) is 81.6 cm³/mol. The van der Waals surface area contributed by atoms with Crippen molar-refractivity contribution in [1.29, 1.82) is 0 Å². The van der Waals surface area contributed by atoms with Crippen molar-refractivity contribution in [2.24, 2.45) is 5.92 Å². The van der Waals surface area contributed by atoms with Crippen LogP contribution < -0.4 is 10.6 Å². The third-order valence-electron chi connectivity index (χ3n) is 3.74. The summed E-state index contributed by atoms with van der Waals surface area (Å²) in [7, 11) is 3.40. The van der Waals surface area contributed by atoms with Gasteiger partial charge in [-0.3, -0.25) is 4.79 Å². The molecular weight excluding hydrogens is 266 g/mol. The molecule has 2 N–H and O–H groups in total. The monoisotopic (exact) mass is 287 g/mol. The molecule has 1 aromatic rings. The van der Waals surface area contributed by atoms with Crippen LogP contribution in [-0.4, -0.2) is 30.9 Å². The first-order valence-corrected chi connectivity index (χ1v) is 6.86. The van der Waals surface area contributed by atoms with Gasteiger partial charge in [0.05, 0.1) is 6.04 Å². The topological polar surface area (TPSA) is 61.4 Å². The summed E-state index contributed by atoms with van der Waals surface area (Å²) < 4.78 is 0. The van der Waals surface area contributed by atoms with E-state index in [1.54, 1.807) is 14.1 Å². The maximum atomic E-state index is 12.5. The molecule has 3 amide bonds. The molecule has 21 heavy (non-hydrogen) atoms. The number of nitrogens with zero attached hydrogens (tertiary/aromatic N) is 1. The van der Waals surface area contributed by atoms with E-state index in [4.69, 9.17) is 0 Å². The second-order valence-electron chi connectivity index (χ2n) is 5.67. The number of urea groups is 1. The van der Waals surface area contributed by atoms with Gasteiger partial charge in [0.1, 0.15) is 5.92 Å². The minimum Gasteiger partial charge on any atom is -0.348 e. The van der Waals surface area contributed by atoms with Gasteiger partial charge in [0.25, 0.3) is 0 Å². The van der Waals surface area contributed by atoms with E-state index in [-0.39, 0.29) is 11.9 Å². The molecule has 2 atom stereocenters. The maximum Gasteiger partial charge on any atom is 0.319 e. The Bertz CT molecular complexity index is 608. The molecule has 0 aliphatic carbocycles. The van der Waals surface area contributed by atoms with E-state index in [1.165, 1.54) is 4.90 Å². The Morgan fingerprint density at radius 1 is 1.29 bits per heavy atom. The van der Waals surface area contributed by atoms with Gasteiger partial charge in [0.2, 0.25) is 5.91 Å². The average Bonchev–Trinajstić information content (AvgIpc) is 2.37. The zero-order valence-corrected chi connectivity index (χ0v) is 12.9. The maximum absolute atomic E-state index is 12.5. The third kappa shape index (κ3) is 2.91. The number of hydrogen-bond donors (Lipinski definition) is 2. The Hall–Kier alpha value is -2.30. The fourth-order valence-corrected chi connectivity index (χ4v) is 2.69. The van der Waals surface area contributed by atoms with Gasteiger partial charge in [-0.15, -0.1) is 0 Å². The SMILES string of the molecule is C=C1NC(=O)N[C@H](c2ccc(C)cc2C)[C@H]1C(=O)N(C)C. The fraction of sp³-hybridized carbons (Fsp3) is 0.375. The summed E-state index contributed by atoms with van der Waals surface area (Å²) in [4.78, 5) is 25.7. The molecule has 1 heterocycles. The normalized spacial score (nSPS) is 21.5. The van der Waals surface area contributed by atoms with Gasteiger partial charge < -0.3 is 15.5 Å². The molecule has 0 bridgehead atoms. The molecule has 0 spiro atoms. The quantitative estimate of drug-likeness (QED) is 0.872. The van der Waals surface area contributed by atoms with E-state index in [9.17, 15) is 9.59 Å². The summed E-state index contributed by atoms with van der Waals surface area (Å²) in [6, 6.07) is 5.26. The van der Waals surface area contributed by atoms with Gasteiger partial charge in [0, 0.05) is 19.8 Å². The van der Waals surface area contributed by atoms with Crippen LogP contribution in [0.2, 0.25) is 0 Å². The van der Waals surface area contributed by atoms with Crippen molar-refractivity contribution in [2.45, 2.75) is 19.9 Å². The second kappa shape index (κ2) is 5.60. The number of carbonyl (C=O) groups is 2. The highest BCUT2D eigenvalue weighted by atomic mass is 16.2. The van der Waals surface area contributed by atoms with Crippen molar-refractivity contribution < 1.29 is 9.59 Å². The number of hydrogen-bond acceptors (Lipinski definition) is 2. The van der Waals surface area contributed by atoms with E-state index in [0.29, 0.717) is 5.70 Å². The van der Waals surface area contributed by atoms with E-state index in [1.807, 2.05) is 32.0 Å². The summed E-state index contributed by atoms with van der Waals surface area (Å²) in [6.07, 6.45) is 0. The molecule has 2 rings (SSSR count). The molecule has 0 unspecified atom stereocenters. The van der Waals surface area contributed by atoms with Gasteiger partial charge >= 0.3 is 6.03 Å². The molecule has 1 fully saturated rings. The van der Waals surface area contributed by atoms with Crippen LogP contribution in [0.15, 0.2) is 30.5 Å². The first-order valence-electron chi connectivity index (χ1n) is 6.86. The third-order valence-corrected chi connectivity index (χ3v) is 3.74. The lowest BCUT2D eigenvalue weighted by molar-refractivity contribution is -0.132. The fourth-order valence-electron chi connectivity index (χ4n) is 2.69. The minimum absolute atomic E-state index is 0.0857. The number of amides is 3. The number of carbonyl (C=O) groups excluding carboxylic acids is 2. The van der Waals surface area contributed by atoms with Crippen molar-refractivity contribution in [2.75, 3.05) is 14.1 Å². The first-order chi connectivity index (χ1) is 9.81. The van der Waals surface area contributed by atoms with Gasteiger partial charge in [0.15, 0.2) is 0 Å². The van der Waals surface area contributed by atoms with Crippen LogP contribution in [0.5, 0.6) is 0 Å². The number of nitrogens with one attached hydrogen (secondary N) is 2. The van der Waals surface area contributed by atoms with Crippen molar-refractivity contribution in [1.82, 2.24) is 15.5 Å². The summed E-state index contributed by atoms with van der Waals surface area (Å²) in [5, 5.41) is 5.45. The Morgan fingerprint density at radius 3 is 2.52 bits per heavy atom. The molecular formula is C16H21N3O2. The predicted octanol–water partition coefficient (Wildman–Crippen LogP) is 1.88. The highest BCUT2D eigenvalue weighted by Crippen LogP contribution is 2.32. The number of benzene rings is 1. The zero-order valence-electron chi connectivity index (χ0n) is 12.9. The van der Waals surface area contributed by atoms with Crippen molar-refractivity contribution in [3.63, 3.8) is 0 Å². The lowest BCUT2D eigenvalue weighted by Gasteiger charge is -2.35. The van der Waals surface area contributed by atoms with Gasteiger partial charge in [-0.2, -0.15) is 0 Å². The Labute approximate surface area is 125 Å². The molecule has 0 aromatic heterocycles. The molecule has 1 aromatic carbocycles. The smallest absolute Gasteiger partial charge is 0.319 e. The van der Waals surface area contributed by atoms with E-state index in [0.717, 1.165) is 16.7 Å². The molecule has 0 saturated carbocycles. The van der Waals surface area contributed by atoms with Gasteiger partial charge in [-0.05, 0) is 25.0 Å². The standard InChI is InChI=1S/C16H21N3O2/c1-9-6-7-12(10(2)8-9)14-13(15(20)19(4)5)11(3)17-16(21)18-14/h6-8,13-14H,3H2,1-2,4-5H3,(H2,17,18,21)/t13-,14+/m0/s1. The van der Waals surface area contributed by atoms with Crippen LogP contribution in [0.25, 0.3) is 0 Å². The summed E-state index contributed by atoms with van der Waals surface area (Å²) in [5.74, 6) is -0.600. The second-order valence-corrected chi connectivity index (χ2v) is 5.67. The average molecular weight is 287 g/mol. The molecule has 5 nitrogen and oxygen atoms in total. The van der Waals surface area contributed by atoms with E-state index >= 15 is 0 Å². The van der Waals surface area contributed by atoms with Gasteiger partial charge in [-0.1, -0.05) is 30.3 Å². The van der Waals surface area contributed by atoms with Crippen LogP contribution in [0, 0.1) is 19.8 Å². The lowest BCUT2D eigenvalue weighted by atomic mass is 9.85. The molecule has 5 heteroatoms. The summed E-state index contributed by atoms with van der Waals surface area (Å²) >= 11 is 0. The largest absolute Gasteiger partial charge is 0.348 e. The highest BCUT2D eigenvalue weighted by Gasteiger charge is 2.38. The minimum atomic E-state index is -0.515. The van der Waals surface area contributed by atoms with Crippen LogP contribution in [-0.2, 0) is 4.79 Å². The Balaban J connectivity index is 2.47. The Morgan fingerprint density at radius 2 is 1.95 bits per heavy atom. The lowest BCUT2D eigenvalue weighted by Crippen LogP contribution is -2.52. The van der Waals surface area contributed by atoms with Crippen molar-refractivity contribution >= 4 is 11.9 Å². The molecule has 0 radical (unpaired) electrons. The molecule has 112 valence electrons. The molecule has 1 aliphatic rings. The van der Waals surface area contributed by atoms with Crippen molar-refractivity contribution in [3.8, 4) is 0 Å². The van der Waals surface area contributed by atoms with E-state index in [2.05, 4.69) is 17.2 Å². The summed E-state index contributed by atoms with van der Waals surface area (Å²) in [5.41, 5.74) is 3.57. The van der Waals surface area contributed by atoms with Gasteiger partial charge in [-0.25, -0.2) is 4.79 Å². The molecule has 1 aliphatic heterocycles. The number of rotatable bonds is 2. The van der Waals surface area contributed by atoms with E-state index < -0.39 is 12.0 Å². The first kappa shape index (κ1) is 15.1. The van der Waals surface area contributed by atoms with Crippen molar-refractivity contribution in [3.05, 3.63) is 47.2 Å². The van der Waals surface area contributed by atoms with Crippen LogP contribution in [0.4, 0.5) is 4.79 Å². The zero-order chi connectivity index (χ0) is 15.7.